The summed E-state index contributed by atoms with van der Waals surface area (Å²) in [5.41, 5.74) is 1.17. The molecular weight excluding hydrogens is 212 g/mol. The summed E-state index contributed by atoms with van der Waals surface area (Å²) < 4.78 is 5.33. The first-order chi connectivity index (χ1) is 8.21. The molecule has 1 unspecified atom stereocenters. The Kier molecular flexibility index (Phi) is 5.51. The van der Waals surface area contributed by atoms with E-state index in [1.54, 1.807) is 7.11 Å². The monoisotopic (exact) mass is 232 g/mol. The van der Waals surface area contributed by atoms with Crippen LogP contribution in [0.4, 0.5) is 0 Å². The zero-order valence-electron chi connectivity index (χ0n) is 10.8. The maximum atomic E-state index is 8.84. The van der Waals surface area contributed by atoms with E-state index in [1.807, 2.05) is 25.1 Å². The van der Waals surface area contributed by atoms with Gasteiger partial charge in [0.15, 0.2) is 0 Å². The maximum Gasteiger partial charge on any atom is 0.123 e. The molecule has 0 aliphatic heterocycles. The predicted octanol–water partition coefficient (Wildman–Crippen LogP) is 2.68. The van der Waals surface area contributed by atoms with Gasteiger partial charge in [0, 0.05) is 18.7 Å². The molecule has 17 heavy (non-hydrogen) atoms. The van der Waals surface area contributed by atoms with Crippen molar-refractivity contribution in [1.82, 2.24) is 4.90 Å². The molecule has 1 aromatic rings. The van der Waals surface area contributed by atoms with Gasteiger partial charge in [-0.2, -0.15) is 5.26 Å². The Bertz CT molecular complexity index is 384. The quantitative estimate of drug-likeness (QED) is 0.756. The van der Waals surface area contributed by atoms with Gasteiger partial charge < -0.3 is 4.74 Å². The minimum Gasteiger partial charge on any atom is -0.496 e. The highest BCUT2D eigenvalue weighted by Crippen LogP contribution is 2.19. The molecule has 0 bridgehead atoms. The average molecular weight is 232 g/mol. The fraction of sp³-hybridized carbons (Fsp3) is 0.500. The van der Waals surface area contributed by atoms with Crippen LogP contribution in [0.5, 0.6) is 5.75 Å². The fourth-order valence-corrected chi connectivity index (χ4v) is 1.81. The van der Waals surface area contributed by atoms with Gasteiger partial charge in [0.1, 0.15) is 5.75 Å². The van der Waals surface area contributed by atoms with Crippen LogP contribution in [0.15, 0.2) is 24.3 Å². The Morgan fingerprint density at radius 2 is 2.12 bits per heavy atom. The van der Waals surface area contributed by atoms with E-state index >= 15 is 0 Å². The number of nitrogens with zero attached hydrogens (tertiary/aromatic N) is 2. The van der Waals surface area contributed by atoms with Crippen LogP contribution in [-0.4, -0.2) is 25.1 Å². The molecule has 0 aromatic heterocycles. The second-order valence-electron chi connectivity index (χ2n) is 4.17. The molecule has 0 saturated heterocycles. The Hall–Kier alpha value is -1.53. The van der Waals surface area contributed by atoms with Gasteiger partial charge in [-0.15, -0.1) is 0 Å². The van der Waals surface area contributed by atoms with Gasteiger partial charge in [-0.05, 0) is 19.5 Å². The highest BCUT2D eigenvalue weighted by Gasteiger charge is 2.10. The number of hydrogen-bond acceptors (Lipinski definition) is 3. The minimum absolute atomic E-state index is 0.0599. The lowest BCUT2D eigenvalue weighted by Crippen LogP contribution is -2.27. The predicted molar refractivity (Wildman–Crippen MR) is 68.7 cm³/mol. The Morgan fingerprint density at radius 3 is 2.71 bits per heavy atom. The zero-order valence-corrected chi connectivity index (χ0v) is 10.8. The third kappa shape index (κ3) is 4.08. The van der Waals surface area contributed by atoms with E-state index in [9.17, 15) is 0 Å². The van der Waals surface area contributed by atoms with E-state index in [1.165, 1.54) is 5.56 Å². The van der Waals surface area contributed by atoms with Crippen LogP contribution in [0, 0.1) is 17.2 Å². The van der Waals surface area contributed by atoms with Crippen LogP contribution in [0.3, 0.4) is 0 Å². The SMILES string of the molecule is CCN(Cc1ccccc1OC)CC(C)C#N. The van der Waals surface area contributed by atoms with Crippen LogP contribution in [0.2, 0.25) is 0 Å². The molecule has 0 spiro atoms. The van der Waals surface area contributed by atoms with Crippen molar-refractivity contribution < 1.29 is 4.74 Å². The van der Waals surface area contributed by atoms with Crippen LogP contribution >= 0.6 is 0 Å². The number of nitriles is 1. The largest absolute Gasteiger partial charge is 0.496 e. The van der Waals surface area contributed by atoms with E-state index in [4.69, 9.17) is 10.00 Å². The number of para-hydroxylation sites is 1. The molecule has 0 saturated carbocycles. The van der Waals surface area contributed by atoms with Crippen molar-refractivity contribution in [2.24, 2.45) is 5.92 Å². The molecule has 0 aliphatic rings. The minimum atomic E-state index is 0.0599. The van der Waals surface area contributed by atoms with Crippen molar-refractivity contribution >= 4 is 0 Å². The molecule has 1 aromatic carbocycles. The number of ether oxygens (including phenoxy) is 1. The standard InChI is InChI=1S/C14H20N2O/c1-4-16(10-12(2)9-15)11-13-7-5-6-8-14(13)17-3/h5-8,12H,4,10-11H2,1-3H3. The van der Waals surface area contributed by atoms with E-state index in [-0.39, 0.29) is 5.92 Å². The van der Waals surface area contributed by atoms with E-state index in [2.05, 4.69) is 24.0 Å². The lowest BCUT2D eigenvalue weighted by molar-refractivity contribution is 0.256. The fourth-order valence-electron chi connectivity index (χ4n) is 1.81. The number of hydrogen-bond donors (Lipinski definition) is 0. The molecule has 3 heteroatoms. The van der Waals surface area contributed by atoms with Gasteiger partial charge >= 0.3 is 0 Å². The third-order valence-electron chi connectivity index (χ3n) is 2.79. The van der Waals surface area contributed by atoms with Gasteiger partial charge in [-0.1, -0.05) is 25.1 Å². The number of methoxy groups -OCH3 is 1. The zero-order chi connectivity index (χ0) is 12.7. The summed E-state index contributed by atoms with van der Waals surface area (Å²) in [5, 5.41) is 8.84. The van der Waals surface area contributed by atoms with Crippen molar-refractivity contribution in [3.8, 4) is 11.8 Å². The van der Waals surface area contributed by atoms with Crippen molar-refractivity contribution in [3.05, 3.63) is 29.8 Å². The van der Waals surface area contributed by atoms with Crippen LogP contribution in [0.25, 0.3) is 0 Å². The lowest BCUT2D eigenvalue weighted by atomic mass is 10.1. The normalized spacial score (nSPS) is 12.2. The first-order valence-corrected chi connectivity index (χ1v) is 5.95. The van der Waals surface area contributed by atoms with E-state index in [0.29, 0.717) is 0 Å². The van der Waals surface area contributed by atoms with Gasteiger partial charge in [0.25, 0.3) is 0 Å². The van der Waals surface area contributed by atoms with Crippen molar-refractivity contribution in [3.63, 3.8) is 0 Å². The van der Waals surface area contributed by atoms with Gasteiger partial charge in [0.05, 0.1) is 19.1 Å². The number of benzene rings is 1. The first-order valence-electron chi connectivity index (χ1n) is 5.95. The molecule has 0 aliphatic carbocycles. The Balaban J connectivity index is 2.70. The van der Waals surface area contributed by atoms with Crippen molar-refractivity contribution in [2.45, 2.75) is 20.4 Å². The van der Waals surface area contributed by atoms with Gasteiger partial charge in [0.2, 0.25) is 0 Å². The summed E-state index contributed by atoms with van der Waals surface area (Å²) >= 11 is 0. The molecule has 1 rings (SSSR count). The second-order valence-corrected chi connectivity index (χ2v) is 4.17. The summed E-state index contributed by atoms with van der Waals surface area (Å²) in [7, 11) is 1.69. The highest BCUT2D eigenvalue weighted by molar-refractivity contribution is 5.33. The lowest BCUT2D eigenvalue weighted by Gasteiger charge is -2.22. The molecule has 0 heterocycles. The number of rotatable bonds is 6. The Labute approximate surface area is 104 Å². The summed E-state index contributed by atoms with van der Waals surface area (Å²) in [4.78, 5) is 2.26. The summed E-state index contributed by atoms with van der Waals surface area (Å²) in [6.45, 7) is 6.62. The Morgan fingerprint density at radius 1 is 1.41 bits per heavy atom. The molecule has 0 radical (unpaired) electrons. The third-order valence-corrected chi connectivity index (χ3v) is 2.79. The van der Waals surface area contributed by atoms with E-state index < -0.39 is 0 Å². The summed E-state index contributed by atoms with van der Waals surface area (Å²) in [6.07, 6.45) is 0. The molecule has 3 nitrogen and oxygen atoms in total. The molecule has 1 atom stereocenters. The van der Waals surface area contributed by atoms with Crippen LogP contribution < -0.4 is 4.74 Å². The molecular formula is C14H20N2O. The highest BCUT2D eigenvalue weighted by atomic mass is 16.5. The maximum absolute atomic E-state index is 8.84. The van der Waals surface area contributed by atoms with Crippen molar-refractivity contribution in [1.29, 1.82) is 5.26 Å². The van der Waals surface area contributed by atoms with Crippen LogP contribution in [0.1, 0.15) is 19.4 Å². The van der Waals surface area contributed by atoms with Gasteiger partial charge in [-0.25, -0.2) is 0 Å². The van der Waals surface area contributed by atoms with Gasteiger partial charge in [-0.3, -0.25) is 4.90 Å². The average Bonchev–Trinajstić information content (AvgIpc) is 2.38. The first kappa shape index (κ1) is 13.5. The molecule has 0 amide bonds. The molecule has 0 fully saturated rings. The summed E-state index contributed by atoms with van der Waals surface area (Å²) in [6, 6.07) is 10.3. The van der Waals surface area contributed by atoms with Crippen LogP contribution in [-0.2, 0) is 6.54 Å². The summed E-state index contributed by atoms with van der Waals surface area (Å²) in [5.74, 6) is 0.972. The second kappa shape index (κ2) is 6.93. The van der Waals surface area contributed by atoms with Crippen molar-refractivity contribution in [2.75, 3.05) is 20.2 Å². The smallest absolute Gasteiger partial charge is 0.123 e. The topological polar surface area (TPSA) is 36.3 Å². The molecule has 92 valence electrons. The molecule has 0 N–H and O–H groups in total. The van der Waals surface area contributed by atoms with E-state index in [0.717, 1.165) is 25.4 Å².